The number of carbonyl (C=O) groups excluding carboxylic acids is 1. The molecule has 0 heterocycles. The van der Waals surface area contributed by atoms with E-state index in [-0.39, 0.29) is 40.5 Å². The molecular formula is C23H31F3O5S. The van der Waals surface area contributed by atoms with Crippen molar-refractivity contribution >= 4 is 16.1 Å². The van der Waals surface area contributed by atoms with Crippen LogP contribution in [0.3, 0.4) is 0 Å². The van der Waals surface area contributed by atoms with Crippen LogP contribution >= 0.6 is 0 Å². The Morgan fingerprint density at radius 3 is 2.34 bits per heavy atom. The smallest absolute Gasteiger partial charge is 0.462 e. The van der Waals surface area contributed by atoms with E-state index in [1.54, 1.807) is 6.08 Å². The van der Waals surface area contributed by atoms with E-state index in [0.717, 1.165) is 32.1 Å². The van der Waals surface area contributed by atoms with E-state index in [9.17, 15) is 26.4 Å². The molecule has 32 heavy (non-hydrogen) atoms. The minimum Gasteiger partial charge on any atom is -0.462 e. The number of fused-ring (bicyclic) bond motifs is 5. The van der Waals surface area contributed by atoms with Crippen LogP contribution in [0.25, 0.3) is 0 Å². The second kappa shape index (κ2) is 7.24. The van der Waals surface area contributed by atoms with Gasteiger partial charge in [0.25, 0.3) is 0 Å². The molecule has 6 atom stereocenters. The number of halogens is 3. The quantitative estimate of drug-likeness (QED) is 0.229. The van der Waals surface area contributed by atoms with E-state index in [4.69, 9.17) is 4.74 Å². The zero-order valence-corrected chi connectivity index (χ0v) is 19.7. The number of hydrogen-bond donors (Lipinski definition) is 0. The number of alkyl halides is 3. The summed E-state index contributed by atoms with van der Waals surface area (Å²) in [7, 11) is -5.68. The van der Waals surface area contributed by atoms with Gasteiger partial charge in [0.2, 0.25) is 0 Å². The topological polar surface area (TPSA) is 69.7 Å². The molecule has 5 nitrogen and oxygen atoms in total. The molecule has 180 valence electrons. The Balaban J connectivity index is 1.61. The van der Waals surface area contributed by atoms with Crippen molar-refractivity contribution in [3.8, 4) is 0 Å². The third-order valence-electron chi connectivity index (χ3n) is 9.22. The maximum absolute atomic E-state index is 12.9. The molecule has 0 saturated heterocycles. The summed E-state index contributed by atoms with van der Waals surface area (Å²) in [6, 6.07) is 0. The molecule has 0 radical (unpaired) electrons. The van der Waals surface area contributed by atoms with Crippen LogP contribution in [0.5, 0.6) is 0 Å². The Kier molecular flexibility index (Phi) is 5.35. The molecule has 9 heteroatoms. The van der Waals surface area contributed by atoms with Crippen LogP contribution in [0, 0.1) is 28.1 Å². The summed E-state index contributed by atoms with van der Waals surface area (Å²) in [5, 5.41) is 0. The molecule has 0 bridgehead atoms. The van der Waals surface area contributed by atoms with E-state index in [1.165, 1.54) is 12.5 Å². The lowest BCUT2D eigenvalue weighted by Crippen LogP contribution is -2.56. The number of carbonyl (C=O) groups is 1. The summed E-state index contributed by atoms with van der Waals surface area (Å²) < 4.78 is 72.3. The van der Waals surface area contributed by atoms with Gasteiger partial charge in [-0.2, -0.15) is 21.6 Å². The van der Waals surface area contributed by atoms with Gasteiger partial charge in [-0.1, -0.05) is 32.4 Å². The summed E-state index contributed by atoms with van der Waals surface area (Å²) >= 11 is 0. The van der Waals surface area contributed by atoms with Crippen LogP contribution in [-0.4, -0.2) is 26.0 Å². The minimum absolute atomic E-state index is 0.0144. The molecule has 0 aromatic heterocycles. The molecular weight excluding hydrogens is 445 g/mol. The number of ether oxygens (including phenoxy) is 1. The Morgan fingerprint density at radius 1 is 1.06 bits per heavy atom. The van der Waals surface area contributed by atoms with Crippen molar-refractivity contribution in [3.63, 3.8) is 0 Å². The van der Waals surface area contributed by atoms with Gasteiger partial charge in [-0.3, -0.25) is 4.79 Å². The van der Waals surface area contributed by atoms with Crippen molar-refractivity contribution in [2.24, 2.45) is 28.1 Å². The first-order valence-corrected chi connectivity index (χ1v) is 12.6. The highest BCUT2D eigenvalue weighted by molar-refractivity contribution is 7.87. The van der Waals surface area contributed by atoms with Crippen molar-refractivity contribution in [2.45, 2.75) is 84.3 Å². The van der Waals surface area contributed by atoms with Crippen LogP contribution in [0.1, 0.15) is 72.6 Å². The van der Waals surface area contributed by atoms with Gasteiger partial charge in [-0.25, -0.2) is 0 Å². The largest absolute Gasteiger partial charge is 0.534 e. The summed E-state index contributed by atoms with van der Waals surface area (Å²) in [5.74, 6) is -0.113. The Hall–Kier alpha value is -1.51. The van der Waals surface area contributed by atoms with E-state index in [2.05, 4.69) is 24.1 Å². The van der Waals surface area contributed by atoms with Gasteiger partial charge in [0.1, 0.15) is 11.9 Å². The van der Waals surface area contributed by atoms with Crippen LogP contribution in [0.4, 0.5) is 13.2 Å². The highest BCUT2D eigenvalue weighted by atomic mass is 32.2. The summed E-state index contributed by atoms with van der Waals surface area (Å²) in [6.07, 6.45) is 8.69. The lowest BCUT2D eigenvalue weighted by Gasteiger charge is -2.63. The number of allylic oxidation sites excluding steroid dienone is 3. The molecule has 0 N–H and O–H groups in total. The van der Waals surface area contributed by atoms with Crippen molar-refractivity contribution in [1.82, 2.24) is 0 Å². The fraction of sp³-hybridized carbons (Fsp3) is 0.783. The molecule has 2 saturated carbocycles. The molecule has 2 fully saturated rings. The zero-order valence-electron chi connectivity index (χ0n) is 18.9. The van der Waals surface area contributed by atoms with E-state index < -0.39 is 21.0 Å². The fourth-order valence-electron chi connectivity index (χ4n) is 7.13. The van der Waals surface area contributed by atoms with Gasteiger partial charge >= 0.3 is 21.6 Å². The Bertz CT molecular complexity index is 984. The van der Waals surface area contributed by atoms with Gasteiger partial charge in [0.15, 0.2) is 0 Å². The SMILES string of the molecule is CC(=O)O[C@H]1CC[C@@]2(C)C(=CC[C@H]3[C@@H]4CC=C(OS(=O)(=O)C(F)(F)F)[C@@]4(C)CC[C@@]32C)C1. The summed E-state index contributed by atoms with van der Waals surface area (Å²) in [4.78, 5) is 11.4. The third kappa shape index (κ3) is 3.32. The van der Waals surface area contributed by atoms with Gasteiger partial charge in [-0.15, -0.1) is 0 Å². The van der Waals surface area contributed by atoms with E-state index >= 15 is 0 Å². The van der Waals surface area contributed by atoms with Gasteiger partial charge < -0.3 is 8.92 Å². The lowest BCUT2D eigenvalue weighted by atomic mass is 9.41. The number of esters is 1. The lowest BCUT2D eigenvalue weighted by molar-refractivity contribution is -0.151. The van der Waals surface area contributed by atoms with Crippen molar-refractivity contribution in [1.29, 1.82) is 0 Å². The van der Waals surface area contributed by atoms with Crippen LogP contribution in [0.2, 0.25) is 0 Å². The highest BCUT2D eigenvalue weighted by Gasteiger charge is 2.64. The van der Waals surface area contributed by atoms with Gasteiger partial charge in [0.05, 0.1) is 0 Å². The predicted octanol–water partition coefficient (Wildman–Crippen LogP) is 5.63. The van der Waals surface area contributed by atoms with Crippen molar-refractivity contribution in [2.75, 3.05) is 0 Å². The average molecular weight is 477 g/mol. The van der Waals surface area contributed by atoms with Crippen LogP contribution in [0.15, 0.2) is 23.5 Å². The first-order chi connectivity index (χ1) is 14.6. The molecule has 4 aliphatic carbocycles. The number of rotatable bonds is 3. The van der Waals surface area contributed by atoms with Crippen LogP contribution < -0.4 is 0 Å². The highest BCUT2D eigenvalue weighted by Crippen LogP contribution is 2.70. The number of hydrogen-bond acceptors (Lipinski definition) is 5. The van der Waals surface area contributed by atoms with Gasteiger partial charge in [-0.05, 0) is 67.3 Å². The Labute approximate surface area is 187 Å². The molecule has 0 spiro atoms. The second-order valence-corrected chi connectivity index (χ2v) is 12.1. The molecule has 0 aromatic carbocycles. The summed E-state index contributed by atoms with van der Waals surface area (Å²) in [6.45, 7) is 7.82. The molecule has 4 rings (SSSR count). The molecule has 0 aliphatic heterocycles. The second-order valence-electron chi connectivity index (χ2n) is 10.6. The van der Waals surface area contributed by atoms with Crippen molar-refractivity contribution < 1.29 is 35.3 Å². The standard InChI is InChI=1S/C23H31F3O5S/c1-14(27)30-16-9-10-21(3)15(13-16)5-6-18-17-7-8-19(31-32(28,29)23(24,25)26)20(17,2)11-12-22(18,21)4/h5,8,16-18H,6-7,9-13H2,1-4H3/t16-,17-,18-,20-,21-,22-/m0/s1. The van der Waals surface area contributed by atoms with Crippen LogP contribution in [-0.2, 0) is 23.8 Å². The predicted molar refractivity (Wildman–Crippen MR) is 111 cm³/mol. The van der Waals surface area contributed by atoms with Gasteiger partial charge in [0, 0.05) is 18.8 Å². The molecule has 0 amide bonds. The van der Waals surface area contributed by atoms with E-state index in [0.29, 0.717) is 12.8 Å². The fourth-order valence-corrected chi connectivity index (χ4v) is 7.72. The molecule has 0 aromatic rings. The monoisotopic (exact) mass is 476 g/mol. The molecule has 0 unspecified atom stereocenters. The van der Waals surface area contributed by atoms with E-state index in [1.807, 2.05) is 6.92 Å². The normalized spacial score (nSPS) is 41.5. The third-order valence-corrected chi connectivity index (χ3v) is 10.2. The first-order valence-electron chi connectivity index (χ1n) is 11.2. The average Bonchev–Trinajstić information content (AvgIpc) is 2.98. The maximum atomic E-state index is 12.9. The maximum Gasteiger partial charge on any atom is 0.534 e. The minimum atomic E-state index is -5.68. The Morgan fingerprint density at radius 2 is 1.72 bits per heavy atom. The molecule has 4 aliphatic rings. The first kappa shape index (κ1) is 23.6. The summed E-state index contributed by atoms with van der Waals surface area (Å²) in [5.41, 5.74) is -5.04. The zero-order chi connectivity index (χ0) is 23.7. The van der Waals surface area contributed by atoms with Crippen molar-refractivity contribution in [3.05, 3.63) is 23.5 Å².